The minimum Gasteiger partial charge on any atom is -0.126 e. The number of rotatable bonds is 8. The van der Waals surface area contributed by atoms with Crippen molar-refractivity contribution in [3.63, 3.8) is 0 Å². The largest absolute Gasteiger partial charge is 0.126 e. The molecule has 0 N–H and O–H groups in total. The van der Waals surface area contributed by atoms with Crippen molar-refractivity contribution in [2.75, 3.05) is 5.75 Å². The van der Waals surface area contributed by atoms with Gasteiger partial charge in [-0.25, -0.2) is 0 Å². The van der Waals surface area contributed by atoms with E-state index in [1.807, 2.05) is 11.8 Å². The first kappa shape index (κ1) is 15.2. The Morgan fingerprint density at radius 1 is 0.750 bits per heavy atom. The summed E-state index contributed by atoms with van der Waals surface area (Å²) >= 11 is 2.00. The van der Waals surface area contributed by atoms with Crippen LogP contribution < -0.4 is 0 Å². The standard InChI is InChI=1S/C19H24S/c1-2-3-4-5-11-16-20-19-15-10-9-14-18(19)17-12-7-6-8-13-17/h6-10,12-15H,2-5,11,16H2,1H3. The number of hydrogen-bond donors (Lipinski definition) is 0. The molecule has 0 amide bonds. The van der Waals surface area contributed by atoms with Crippen molar-refractivity contribution in [3.05, 3.63) is 54.6 Å². The maximum Gasteiger partial charge on any atom is 0.0150 e. The second-order valence-electron chi connectivity index (χ2n) is 5.12. The topological polar surface area (TPSA) is 0 Å². The molecule has 0 fully saturated rings. The summed E-state index contributed by atoms with van der Waals surface area (Å²) in [6.07, 6.45) is 6.79. The van der Waals surface area contributed by atoms with E-state index in [4.69, 9.17) is 0 Å². The highest BCUT2D eigenvalue weighted by molar-refractivity contribution is 7.99. The zero-order valence-corrected chi connectivity index (χ0v) is 13.2. The van der Waals surface area contributed by atoms with Crippen LogP contribution in [0.15, 0.2) is 59.5 Å². The van der Waals surface area contributed by atoms with E-state index in [0.717, 1.165) is 0 Å². The van der Waals surface area contributed by atoms with E-state index in [0.29, 0.717) is 0 Å². The lowest BCUT2D eigenvalue weighted by Gasteiger charge is -2.09. The lowest BCUT2D eigenvalue weighted by Crippen LogP contribution is -1.85. The molecule has 0 spiro atoms. The smallest absolute Gasteiger partial charge is 0.0150 e. The van der Waals surface area contributed by atoms with Crippen LogP contribution in [-0.2, 0) is 0 Å². The third-order valence-electron chi connectivity index (χ3n) is 3.48. The van der Waals surface area contributed by atoms with Gasteiger partial charge in [-0.15, -0.1) is 11.8 Å². The summed E-state index contributed by atoms with van der Waals surface area (Å²) in [4.78, 5) is 1.41. The molecule has 2 rings (SSSR count). The molecular formula is C19H24S. The van der Waals surface area contributed by atoms with Crippen LogP contribution in [0.4, 0.5) is 0 Å². The zero-order chi connectivity index (χ0) is 14.0. The fraction of sp³-hybridized carbons (Fsp3) is 0.368. The lowest BCUT2D eigenvalue weighted by atomic mass is 10.1. The van der Waals surface area contributed by atoms with Gasteiger partial charge in [0.25, 0.3) is 0 Å². The number of hydrogen-bond acceptors (Lipinski definition) is 1. The van der Waals surface area contributed by atoms with Crippen molar-refractivity contribution in [1.29, 1.82) is 0 Å². The third-order valence-corrected chi connectivity index (χ3v) is 4.64. The Hall–Kier alpha value is -1.21. The quantitative estimate of drug-likeness (QED) is 0.398. The minimum atomic E-state index is 1.23. The molecule has 2 aromatic rings. The van der Waals surface area contributed by atoms with Gasteiger partial charge in [-0.3, -0.25) is 0 Å². The number of benzene rings is 2. The van der Waals surface area contributed by atoms with Crippen molar-refractivity contribution < 1.29 is 0 Å². The van der Waals surface area contributed by atoms with E-state index in [1.54, 1.807) is 0 Å². The highest BCUT2D eigenvalue weighted by Crippen LogP contribution is 2.31. The first-order chi connectivity index (χ1) is 9.92. The molecule has 0 nitrogen and oxygen atoms in total. The van der Waals surface area contributed by atoms with E-state index in [2.05, 4.69) is 61.5 Å². The van der Waals surface area contributed by atoms with E-state index in [-0.39, 0.29) is 0 Å². The molecule has 106 valence electrons. The molecule has 0 atom stereocenters. The van der Waals surface area contributed by atoms with E-state index in [1.165, 1.54) is 53.9 Å². The molecule has 20 heavy (non-hydrogen) atoms. The van der Waals surface area contributed by atoms with Gasteiger partial charge >= 0.3 is 0 Å². The van der Waals surface area contributed by atoms with Gasteiger partial charge in [0.05, 0.1) is 0 Å². The average Bonchev–Trinajstić information content (AvgIpc) is 2.52. The molecule has 0 radical (unpaired) electrons. The summed E-state index contributed by atoms with van der Waals surface area (Å²) in [5.41, 5.74) is 2.69. The molecule has 1 heteroatoms. The predicted octanol–water partition coefficient (Wildman–Crippen LogP) is 6.42. The van der Waals surface area contributed by atoms with Crippen LogP contribution >= 0.6 is 11.8 Å². The zero-order valence-electron chi connectivity index (χ0n) is 12.3. The third kappa shape index (κ3) is 4.72. The van der Waals surface area contributed by atoms with Crippen molar-refractivity contribution in [2.24, 2.45) is 0 Å². The van der Waals surface area contributed by atoms with Crippen LogP contribution in [0.25, 0.3) is 11.1 Å². The van der Waals surface area contributed by atoms with Gasteiger partial charge in [-0.2, -0.15) is 0 Å². The highest BCUT2D eigenvalue weighted by atomic mass is 32.2. The highest BCUT2D eigenvalue weighted by Gasteiger charge is 2.04. The average molecular weight is 284 g/mol. The fourth-order valence-electron chi connectivity index (χ4n) is 2.34. The maximum absolute atomic E-state index is 2.27. The van der Waals surface area contributed by atoms with Crippen LogP contribution in [0.5, 0.6) is 0 Å². The summed E-state index contributed by atoms with van der Waals surface area (Å²) in [5, 5.41) is 0. The fourth-order valence-corrected chi connectivity index (χ4v) is 3.42. The van der Waals surface area contributed by atoms with Gasteiger partial charge in [0, 0.05) is 4.90 Å². The van der Waals surface area contributed by atoms with Crippen molar-refractivity contribution in [3.8, 4) is 11.1 Å². The van der Waals surface area contributed by atoms with E-state index >= 15 is 0 Å². The van der Waals surface area contributed by atoms with Crippen molar-refractivity contribution >= 4 is 11.8 Å². The van der Waals surface area contributed by atoms with Gasteiger partial charge in [-0.1, -0.05) is 81.1 Å². The summed E-state index contributed by atoms with van der Waals surface area (Å²) in [6, 6.07) is 19.4. The molecule has 2 aromatic carbocycles. The molecule has 0 aliphatic heterocycles. The van der Waals surface area contributed by atoms with Crippen molar-refractivity contribution in [1.82, 2.24) is 0 Å². The Morgan fingerprint density at radius 2 is 1.45 bits per heavy atom. The van der Waals surface area contributed by atoms with Crippen LogP contribution in [0.1, 0.15) is 39.0 Å². The van der Waals surface area contributed by atoms with Crippen LogP contribution in [0, 0.1) is 0 Å². The molecule has 0 bridgehead atoms. The molecular weight excluding hydrogens is 260 g/mol. The Kier molecular flexibility index (Phi) is 6.73. The molecule has 0 saturated heterocycles. The summed E-state index contributed by atoms with van der Waals surface area (Å²) in [7, 11) is 0. The lowest BCUT2D eigenvalue weighted by molar-refractivity contribution is 0.659. The SMILES string of the molecule is CCCCCCCSc1ccccc1-c1ccccc1. The van der Waals surface area contributed by atoms with Gasteiger partial charge in [0.2, 0.25) is 0 Å². The van der Waals surface area contributed by atoms with Crippen LogP contribution in [0.3, 0.4) is 0 Å². The Labute approximate surface area is 127 Å². The van der Waals surface area contributed by atoms with Gasteiger partial charge in [-0.05, 0) is 29.4 Å². The molecule has 0 unspecified atom stereocenters. The maximum atomic E-state index is 2.27. The first-order valence-corrected chi connectivity index (χ1v) is 8.67. The molecule has 0 aromatic heterocycles. The molecule has 0 aliphatic carbocycles. The van der Waals surface area contributed by atoms with E-state index in [9.17, 15) is 0 Å². The Balaban J connectivity index is 1.92. The summed E-state index contributed by atoms with van der Waals surface area (Å²) in [5.74, 6) is 1.23. The number of unbranched alkanes of at least 4 members (excludes halogenated alkanes) is 4. The van der Waals surface area contributed by atoms with Crippen LogP contribution in [0.2, 0.25) is 0 Å². The molecule has 0 saturated carbocycles. The number of thioether (sulfide) groups is 1. The molecule has 0 aliphatic rings. The van der Waals surface area contributed by atoms with E-state index < -0.39 is 0 Å². The van der Waals surface area contributed by atoms with Crippen molar-refractivity contribution in [2.45, 2.75) is 43.9 Å². The summed E-state index contributed by atoms with van der Waals surface area (Å²) in [6.45, 7) is 2.27. The Bertz CT molecular complexity index is 490. The van der Waals surface area contributed by atoms with Crippen LogP contribution in [-0.4, -0.2) is 5.75 Å². The summed E-state index contributed by atoms with van der Waals surface area (Å²) < 4.78 is 0. The van der Waals surface area contributed by atoms with Gasteiger partial charge in [0.1, 0.15) is 0 Å². The normalized spacial score (nSPS) is 10.7. The molecule has 0 heterocycles. The van der Waals surface area contributed by atoms with Gasteiger partial charge in [0.15, 0.2) is 0 Å². The first-order valence-electron chi connectivity index (χ1n) is 7.69. The predicted molar refractivity (Wildman–Crippen MR) is 91.4 cm³/mol. The Morgan fingerprint density at radius 3 is 2.25 bits per heavy atom. The second-order valence-corrected chi connectivity index (χ2v) is 6.26. The second kappa shape index (κ2) is 8.86. The minimum absolute atomic E-state index is 1.23. The van der Waals surface area contributed by atoms with Gasteiger partial charge < -0.3 is 0 Å². The monoisotopic (exact) mass is 284 g/mol.